The molecule has 0 aromatic rings. The summed E-state index contributed by atoms with van der Waals surface area (Å²) in [6, 6.07) is 1.61. The molecule has 190 valence electrons. The minimum absolute atomic E-state index is 0.262. The first-order valence-corrected chi connectivity index (χ1v) is 14.0. The van der Waals surface area contributed by atoms with Crippen LogP contribution in [0.4, 0.5) is 0 Å². The van der Waals surface area contributed by atoms with E-state index in [0.29, 0.717) is 0 Å². The average molecular weight is 465 g/mol. The summed E-state index contributed by atoms with van der Waals surface area (Å²) in [6.45, 7) is 3.83. The number of hydrogen-bond acceptors (Lipinski definition) is 4. The molecule has 2 aliphatic heterocycles. The van der Waals surface area contributed by atoms with E-state index in [1.807, 2.05) is 33.3 Å². The summed E-state index contributed by atoms with van der Waals surface area (Å²) in [5.74, 6) is 5.01. The predicted octanol–water partition coefficient (Wildman–Crippen LogP) is 3.35. The summed E-state index contributed by atoms with van der Waals surface area (Å²) < 4.78 is 23.8. The van der Waals surface area contributed by atoms with E-state index in [1.165, 1.54) is 70.8 Å². The normalized spacial score (nSPS) is 52.5. The number of piperidine rings is 2. The van der Waals surface area contributed by atoms with Crippen molar-refractivity contribution in [3.63, 3.8) is 0 Å². The highest BCUT2D eigenvalue weighted by Gasteiger charge is 2.58. The molecule has 5 nitrogen and oxygen atoms in total. The standard InChI is InChI=1S/C28H49NO4/c1-17-6-8-18(9-7-17)28-22-16-27(33-5)25(31-3)14-20(22)12-23-21-15-26(32-4)24(30-2)13-19(21)10-11-29(23)28/h17-28H,6-16H2,1-5H3/p+1/t17?,18?,19?,20?,21?,22?,23?,24?,25?,26?,27?,28-/m0/s1. The lowest BCUT2D eigenvalue weighted by molar-refractivity contribution is -0.976. The van der Waals surface area contributed by atoms with Gasteiger partial charge in [0.25, 0.3) is 0 Å². The zero-order chi connectivity index (χ0) is 23.1. The van der Waals surface area contributed by atoms with Crippen molar-refractivity contribution < 1.29 is 23.8 Å². The maximum atomic E-state index is 6.01. The van der Waals surface area contributed by atoms with Crippen LogP contribution in [0.1, 0.15) is 71.1 Å². The van der Waals surface area contributed by atoms with Crippen molar-refractivity contribution in [1.82, 2.24) is 0 Å². The molecule has 0 spiro atoms. The molecule has 5 heteroatoms. The number of fused-ring (bicyclic) bond motifs is 4. The minimum Gasteiger partial charge on any atom is -0.379 e. The van der Waals surface area contributed by atoms with E-state index in [0.717, 1.165) is 47.6 Å². The van der Waals surface area contributed by atoms with E-state index in [4.69, 9.17) is 18.9 Å². The van der Waals surface area contributed by atoms with Crippen LogP contribution in [-0.4, -0.2) is 71.5 Å². The lowest BCUT2D eigenvalue weighted by Gasteiger charge is -2.59. The van der Waals surface area contributed by atoms with Crippen LogP contribution in [0, 0.1) is 35.5 Å². The lowest BCUT2D eigenvalue weighted by atomic mass is 9.58. The number of ether oxygens (including phenoxy) is 4. The molecule has 0 radical (unpaired) electrons. The molecule has 0 amide bonds. The van der Waals surface area contributed by atoms with Crippen molar-refractivity contribution in [2.75, 3.05) is 35.0 Å². The predicted molar refractivity (Wildman–Crippen MR) is 129 cm³/mol. The fourth-order valence-corrected chi connectivity index (χ4v) is 9.45. The van der Waals surface area contributed by atoms with E-state index >= 15 is 0 Å². The van der Waals surface area contributed by atoms with E-state index < -0.39 is 0 Å². The molecule has 10 unspecified atom stereocenters. The van der Waals surface area contributed by atoms with Crippen molar-refractivity contribution in [3.05, 3.63) is 0 Å². The molecule has 33 heavy (non-hydrogen) atoms. The van der Waals surface area contributed by atoms with E-state index in [9.17, 15) is 0 Å². The average Bonchev–Trinajstić information content (AvgIpc) is 2.86. The van der Waals surface area contributed by atoms with Crippen LogP contribution < -0.4 is 4.90 Å². The van der Waals surface area contributed by atoms with Gasteiger partial charge >= 0.3 is 0 Å². The van der Waals surface area contributed by atoms with Gasteiger partial charge in [-0.15, -0.1) is 0 Å². The molecule has 2 heterocycles. The van der Waals surface area contributed by atoms with Gasteiger partial charge in [0.2, 0.25) is 0 Å². The first-order chi connectivity index (χ1) is 16.1. The molecule has 0 bridgehead atoms. The van der Waals surface area contributed by atoms with Gasteiger partial charge < -0.3 is 23.8 Å². The molecule has 0 aromatic carbocycles. The van der Waals surface area contributed by atoms with E-state index in [1.54, 1.807) is 0 Å². The van der Waals surface area contributed by atoms with Gasteiger partial charge in [-0.3, -0.25) is 0 Å². The second-order valence-electron chi connectivity index (χ2n) is 12.4. The summed E-state index contributed by atoms with van der Waals surface area (Å²) in [5.41, 5.74) is 0. The molecule has 5 rings (SSSR count). The zero-order valence-corrected chi connectivity index (χ0v) is 21.8. The first kappa shape index (κ1) is 24.5. The van der Waals surface area contributed by atoms with Crippen molar-refractivity contribution in [2.45, 2.75) is 108 Å². The molecule has 5 fully saturated rings. The molecule has 5 aliphatic rings. The van der Waals surface area contributed by atoms with Gasteiger partial charge in [0.05, 0.1) is 43.0 Å². The van der Waals surface area contributed by atoms with Gasteiger partial charge in [0, 0.05) is 52.6 Å². The van der Waals surface area contributed by atoms with Crippen LogP contribution in [0.3, 0.4) is 0 Å². The smallest absolute Gasteiger partial charge is 0.0937 e. The number of rotatable bonds is 5. The Morgan fingerprint density at radius 1 is 0.545 bits per heavy atom. The molecule has 3 saturated carbocycles. The fourth-order valence-electron chi connectivity index (χ4n) is 9.45. The Hall–Kier alpha value is -0.200. The second-order valence-corrected chi connectivity index (χ2v) is 12.4. The molecule has 0 aromatic heterocycles. The Labute approximate surface area is 202 Å². The summed E-state index contributed by atoms with van der Waals surface area (Å²) in [4.78, 5) is 1.98. The monoisotopic (exact) mass is 464 g/mol. The Balaban J connectivity index is 1.43. The molecule has 1 N–H and O–H groups in total. The lowest BCUT2D eigenvalue weighted by Crippen LogP contribution is -3.24. The Morgan fingerprint density at radius 2 is 1.09 bits per heavy atom. The number of quaternary nitrogens is 1. The third kappa shape index (κ3) is 4.55. The largest absolute Gasteiger partial charge is 0.379 e. The maximum absolute atomic E-state index is 6.01. The van der Waals surface area contributed by atoms with Crippen LogP contribution in [0.2, 0.25) is 0 Å². The SMILES string of the molecule is COC1CC2CC[NH+]3C(CC4CC(OC)C(OC)CC4[C@@H]3C3CCC(C)CC3)C2CC1OC. The summed E-state index contributed by atoms with van der Waals surface area (Å²) in [6.07, 6.45) is 14.3. The van der Waals surface area contributed by atoms with Gasteiger partial charge in [0.15, 0.2) is 0 Å². The Kier molecular flexibility index (Phi) is 7.74. The third-order valence-electron chi connectivity index (χ3n) is 11.1. The van der Waals surface area contributed by atoms with Gasteiger partial charge in [-0.1, -0.05) is 19.8 Å². The highest BCUT2D eigenvalue weighted by molar-refractivity contribution is 5.01. The number of methoxy groups -OCH3 is 4. The van der Waals surface area contributed by atoms with Crippen LogP contribution >= 0.6 is 0 Å². The molecular formula is C28H50NO4+. The summed E-state index contributed by atoms with van der Waals surface area (Å²) in [5, 5.41) is 0. The number of nitrogens with one attached hydrogen (secondary N) is 1. The summed E-state index contributed by atoms with van der Waals surface area (Å²) in [7, 11) is 7.56. The molecule has 11 atom stereocenters. The van der Waals surface area contributed by atoms with Crippen molar-refractivity contribution in [2.24, 2.45) is 35.5 Å². The quantitative estimate of drug-likeness (QED) is 0.678. The zero-order valence-electron chi connectivity index (χ0n) is 21.8. The first-order valence-electron chi connectivity index (χ1n) is 14.0. The molecule has 3 aliphatic carbocycles. The van der Waals surface area contributed by atoms with Gasteiger partial charge in [0.1, 0.15) is 0 Å². The van der Waals surface area contributed by atoms with Gasteiger partial charge in [-0.05, 0) is 62.7 Å². The van der Waals surface area contributed by atoms with Crippen LogP contribution in [0.5, 0.6) is 0 Å². The van der Waals surface area contributed by atoms with Crippen LogP contribution in [-0.2, 0) is 18.9 Å². The second kappa shape index (κ2) is 10.4. The summed E-state index contributed by atoms with van der Waals surface area (Å²) >= 11 is 0. The highest BCUT2D eigenvalue weighted by Crippen LogP contribution is 2.48. The maximum Gasteiger partial charge on any atom is 0.0937 e. The van der Waals surface area contributed by atoms with Crippen LogP contribution in [0.15, 0.2) is 0 Å². The van der Waals surface area contributed by atoms with Crippen LogP contribution in [0.25, 0.3) is 0 Å². The third-order valence-corrected chi connectivity index (χ3v) is 11.1. The fraction of sp³-hybridized carbons (Fsp3) is 1.00. The van der Waals surface area contributed by atoms with E-state index in [-0.39, 0.29) is 24.4 Å². The Morgan fingerprint density at radius 3 is 1.70 bits per heavy atom. The topological polar surface area (TPSA) is 41.4 Å². The Bertz CT molecular complexity index is 637. The van der Waals surface area contributed by atoms with Crippen molar-refractivity contribution in [3.8, 4) is 0 Å². The van der Waals surface area contributed by atoms with Crippen molar-refractivity contribution in [1.29, 1.82) is 0 Å². The molecular weight excluding hydrogens is 414 g/mol. The highest BCUT2D eigenvalue weighted by atomic mass is 16.5. The minimum atomic E-state index is 0.262. The molecule has 2 saturated heterocycles. The van der Waals surface area contributed by atoms with Gasteiger partial charge in [-0.25, -0.2) is 0 Å². The van der Waals surface area contributed by atoms with Gasteiger partial charge in [-0.2, -0.15) is 0 Å². The van der Waals surface area contributed by atoms with Crippen molar-refractivity contribution >= 4 is 0 Å². The van der Waals surface area contributed by atoms with E-state index in [2.05, 4.69) is 6.92 Å². The number of hydrogen-bond donors (Lipinski definition) is 1.